The first-order valence-electron chi connectivity index (χ1n) is 8.47. The van der Waals surface area contributed by atoms with E-state index in [1.54, 1.807) is 30.5 Å². The van der Waals surface area contributed by atoms with Gasteiger partial charge in [0.15, 0.2) is 0 Å². The van der Waals surface area contributed by atoms with E-state index in [0.29, 0.717) is 49.0 Å². The summed E-state index contributed by atoms with van der Waals surface area (Å²) in [7, 11) is -3.60. The smallest absolute Gasteiger partial charge is 0.272 e. The predicted octanol–water partition coefficient (Wildman–Crippen LogP) is 0.308. The van der Waals surface area contributed by atoms with Gasteiger partial charge in [-0.1, -0.05) is 0 Å². The van der Waals surface area contributed by atoms with Crippen molar-refractivity contribution in [1.82, 2.24) is 19.2 Å². The Balaban J connectivity index is 1.71. The SMILES string of the molecule is O=c1[nH]ccc2c1[nH]c1ccc(S(=O)(=O)N3CCN(CCO)CC3)cc12. The molecule has 0 saturated carbocycles. The average molecular weight is 376 g/mol. The van der Waals surface area contributed by atoms with Crippen molar-refractivity contribution in [2.75, 3.05) is 39.3 Å². The largest absolute Gasteiger partial charge is 0.395 e. The lowest BCUT2D eigenvalue weighted by molar-refractivity contribution is 0.151. The number of H-pyrrole nitrogens is 2. The molecule has 0 aliphatic carbocycles. The number of aliphatic hydroxyl groups is 1. The molecule has 9 heteroatoms. The third-order valence-electron chi connectivity index (χ3n) is 4.89. The lowest BCUT2D eigenvalue weighted by Crippen LogP contribution is -2.49. The van der Waals surface area contributed by atoms with Crippen LogP contribution in [0.15, 0.2) is 40.2 Å². The molecule has 4 rings (SSSR count). The zero-order chi connectivity index (χ0) is 18.3. The molecule has 0 radical (unpaired) electrons. The van der Waals surface area contributed by atoms with Gasteiger partial charge in [-0.05, 0) is 24.3 Å². The lowest BCUT2D eigenvalue weighted by Gasteiger charge is -2.33. The molecular formula is C17H20N4O4S. The highest BCUT2D eigenvalue weighted by Crippen LogP contribution is 2.27. The molecule has 1 aliphatic heterocycles. The number of hydrogen-bond donors (Lipinski definition) is 3. The summed E-state index contributed by atoms with van der Waals surface area (Å²) in [6.07, 6.45) is 1.56. The van der Waals surface area contributed by atoms with E-state index >= 15 is 0 Å². The molecule has 26 heavy (non-hydrogen) atoms. The number of pyridine rings is 1. The van der Waals surface area contributed by atoms with Crippen LogP contribution < -0.4 is 5.56 Å². The highest BCUT2D eigenvalue weighted by atomic mass is 32.2. The number of aliphatic hydroxyl groups excluding tert-OH is 1. The van der Waals surface area contributed by atoms with Crippen molar-refractivity contribution in [2.24, 2.45) is 0 Å². The number of aromatic amines is 2. The highest BCUT2D eigenvalue weighted by Gasteiger charge is 2.28. The number of nitrogens with zero attached hydrogens (tertiary/aromatic N) is 2. The van der Waals surface area contributed by atoms with Crippen molar-refractivity contribution in [3.63, 3.8) is 0 Å². The molecule has 0 amide bonds. The number of sulfonamides is 1. The minimum absolute atomic E-state index is 0.0725. The van der Waals surface area contributed by atoms with E-state index in [-0.39, 0.29) is 17.1 Å². The molecule has 0 bridgehead atoms. The Labute approximate surface area is 150 Å². The fraction of sp³-hybridized carbons (Fsp3) is 0.353. The van der Waals surface area contributed by atoms with Gasteiger partial charge in [0.1, 0.15) is 5.52 Å². The Morgan fingerprint density at radius 3 is 2.58 bits per heavy atom. The number of nitrogens with one attached hydrogen (secondary N) is 2. The molecule has 138 valence electrons. The van der Waals surface area contributed by atoms with Crippen LogP contribution in [-0.4, -0.2) is 72.0 Å². The third-order valence-corrected chi connectivity index (χ3v) is 6.78. The van der Waals surface area contributed by atoms with Gasteiger partial charge >= 0.3 is 0 Å². The topological polar surface area (TPSA) is 109 Å². The van der Waals surface area contributed by atoms with Crippen LogP contribution in [0.1, 0.15) is 0 Å². The van der Waals surface area contributed by atoms with E-state index in [1.807, 2.05) is 4.90 Å². The molecule has 1 saturated heterocycles. The average Bonchev–Trinajstić information content (AvgIpc) is 3.02. The first-order valence-corrected chi connectivity index (χ1v) is 9.91. The molecule has 2 aromatic heterocycles. The van der Waals surface area contributed by atoms with E-state index < -0.39 is 10.0 Å². The molecule has 8 nitrogen and oxygen atoms in total. The van der Waals surface area contributed by atoms with Crippen LogP contribution in [-0.2, 0) is 10.0 Å². The monoisotopic (exact) mass is 376 g/mol. The van der Waals surface area contributed by atoms with Crippen molar-refractivity contribution in [3.05, 3.63) is 40.8 Å². The quantitative estimate of drug-likeness (QED) is 0.607. The number of β-amino-alcohol motifs (C(OH)–C–C–N with tert-alkyl or cyclic N) is 1. The van der Waals surface area contributed by atoms with Crippen molar-refractivity contribution in [2.45, 2.75) is 4.90 Å². The second-order valence-corrected chi connectivity index (χ2v) is 8.34. The standard InChI is InChI=1S/C17H20N4O4S/c22-10-9-20-5-7-21(8-6-20)26(24,25)12-1-2-15-14(11-12)13-3-4-18-17(23)16(13)19-15/h1-4,11,19,22H,5-10H2,(H,18,23). The molecule has 1 fully saturated rings. The number of rotatable bonds is 4. The fourth-order valence-corrected chi connectivity index (χ4v) is 4.91. The van der Waals surface area contributed by atoms with Gasteiger partial charge in [0.05, 0.1) is 11.5 Å². The summed E-state index contributed by atoms with van der Waals surface area (Å²) in [5.74, 6) is 0. The number of piperazine rings is 1. The van der Waals surface area contributed by atoms with Gasteiger partial charge in [-0.3, -0.25) is 9.69 Å². The fourth-order valence-electron chi connectivity index (χ4n) is 3.46. The van der Waals surface area contributed by atoms with Gasteiger partial charge in [-0.15, -0.1) is 0 Å². The number of benzene rings is 1. The van der Waals surface area contributed by atoms with Crippen LogP contribution in [0.5, 0.6) is 0 Å². The highest BCUT2D eigenvalue weighted by molar-refractivity contribution is 7.89. The van der Waals surface area contributed by atoms with E-state index in [9.17, 15) is 13.2 Å². The summed E-state index contributed by atoms with van der Waals surface area (Å²) in [5.41, 5.74) is 0.932. The van der Waals surface area contributed by atoms with Gasteiger partial charge in [0.2, 0.25) is 10.0 Å². The van der Waals surface area contributed by atoms with Crippen LogP contribution in [0.3, 0.4) is 0 Å². The summed E-state index contributed by atoms with van der Waals surface area (Å²) in [4.78, 5) is 19.8. The van der Waals surface area contributed by atoms with Crippen LogP contribution in [0.2, 0.25) is 0 Å². The molecular weight excluding hydrogens is 356 g/mol. The molecule has 0 spiro atoms. The number of fused-ring (bicyclic) bond motifs is 3. The van der Waals surface area contributed by atoms with Gasteiger partial charge in [0, 0.05) is 55.2 Å². The van der Waals surface area contributed by atoms with E-state index in [0.717, 1.165) is 5.52 Å². The van der Waals surface area contributed by atoms with Gasteiger partial charge in [-0.2, -0.15) is 4.31 Å². The first-order chi connectivity index (χ1) is 12.5. The maximum Gasteiger partial charge on any atom is 0.272 e. The summed E-state index contributed by atoms with van der Waals surface area (Å²) in [6, 6.07) is 6.66. The Morgan fingerprint density at radius 1 is 1.08 bits per heavy atom. The van der Waals surface area contributed by atoms with Crippen LogP contribution in [0, 0.1) is 0 Å². The first kappa shape index (κ1) is 17.2. The molecule has 3 aromatic rings. The summed E-state index contributed by atoms with van der Waals surface area (Å²) < 4.78 is 27.5. The summed E-state index contributed by atoms with van der Waals surface area (Å²) >= 11 is 0. The molecule has 3 N–H and O–H groups in total. The Bertz CT molecular complexity index is 1110. The van der Waals surface area contributed by atoms with Crippen LogP contribution in [0.4, 0.5) is 0 Å². The second-order valence-electron chi connectivity index (χ2n) is 6.40. The zero-order valence-electron chi connectivity index (χ0n) is 14.1. The molecule has 1 aromatic carbocycles. The normalized spacial score (nSPS) is 17.3. The third kappa shape index (κ3) is 2.82. The van der Waals surface area contributed by atoms with Gasteiger partial charge in [-0.25, -0.2) is 8.42 Å². The Kier molecular flexibility index (Phi) is 4.31. The second kappa shape index (κ2) is 6.51. The maximum atomic E-state index is 13.0. The number of aromatic nitrogens is 2. The molecule has 0 unspecified atom stereocenters. The lowest BCUT2D eigenvalue weighted by atomic mass is 10.2. The maximum absolute atomic E-state index is 13.0. The van der Waals surface area contributed by atoms with Crippen molar-refractivity contribution in [3.8, 4) is 0 Å². The number of hydrogen-bond acceptors (Lipinski definition) is 5. The molecule has 1 aliphatic rings. The minimum Gasteiger partial charge on any atom is -0.395 e. The Hall–Kier alpha value is -2.20. The minimum atomic E-state index is -3.60. The summed E-state index contributed by atoms with van der Waals surface area (Å²) in [6.45, 7) is 2.63. The van der Waals surface area contributed by atoms with Gasteiger partial charge in [0.25, 0.3) is 5.56 Å². The van der Waals surface area contributed by atoms with Crippen molar-refractivity contribution in [1.29, 1.82) is 0 Å². The zero-order valence-corrected chi connectivity index (χ0v) is 14.9. The van der Waals surface area contributed by atoms with E-state index in [4.69, 9.17) is 5.11 Å². The van der Waals surface area contributed by atoms with Crippen molar-refractivity contribution >= 4 is 31.8 Å². The van der Waals surface area contributed by atoms with Crippen molar-refractivity contribution < 1.29 is 13.5 Å². The molecule has 0 atom stereocenters. The van der Waals surface area contributed by atoms with Crippen LogP contribution in [0.25, 0.3) is 21.8 Å². The summed E-state index contributed by atoms with van der Waals surface area (Å²) in [5, 5.41) is 10.4. The van der Waals surface area contributed by atoms with Gasteiger partial charge < -0.3 is 15.1 Å². The Morgan fingerprint density at radius 2 is 1.85 bits per heavy atom. The van der Waals surface area contributed by atoms with E-state index in [2.05, 4.69) is 9.97 Å². The molecule has 3 heterocycles. The predicted molar refractivity (Wildman–Crippen MR) is 98.7 cm³/mol. The van der Waals surface area contributed by atoms with E-state index in [1.165, 1.54) is 4.31 Å². The van der Waals surface area contributed by atoms with Crippen LogP contribution >= 0.6 is 0 Å².